The lowest BCUT2D eigenvalue weighted by Crippen LogP contribution is -2.25. The molecule has 0 atom stereocenters. The summed E-state index contributed by atoms with van der Waals surface area (Å²) in [7, 11) is -2.17. The van der Waals surface area contributed by atoms with Gasteiger partial charge in [-0.2, -0.15) is 9.35 Å². The average molecular weight is 293 g/mol. The largest absolute Gasteiger partial charge is 0.379 e. The Bertz CT molecular complexity index is 703. The number of hydrogen-bond acceptors (Lipinski definition) is 6. The van der Waals surface area contributed by atoms with Crippen LogP contribution in [0.3, 0.4) is 0 Å². The average Bonchev–Trinajstić information content (AvgIpc) is 2.87. The second-order valence-corrected chi connectivity index (χ2v) is 7.11. The van der Waals surface area contributed by atoms with Gasteiger partial charge in [-0.1, -0.05) is 5.16 Å². The van der Waals surface area contributed by atoms with Crippen molar-refractivity contribution in [2.75, 3.05) is 24.7 Å². The normalized spacial score (nSPS) is 17.9. The Labute approximate surface area is 117 Å². The quantitative estimate of drug-likeness (QED) is 0.848. The van der Waals surface area contributed by atoms with E-state index in [4.69, 9.17) is 9.26 Å². The maximum absolute atomic E-state index is 12.4. The predicted octanol–water partition coefficient (Wildman–Crippen LogP) is 2.17. The molecule has 6 nitrogen and oxygen atoms in total. The van der Waals surface area contributed by atoms with Crippen molar-refractivity contribution >= 4 is 15.4 Å². The molecule has 1 aliphatic heterocycles. The number of ether oxygens (including phenoxy) is 1. The molecule has 1 aromatic heterocycles. The van der Waals surface area contributed by atoms with Crippen molar-refractivity contribution in [2.24, 2.45) is 4.36 Å². The number of aromatic nitrogens is 2. The molecule has 106 valence electrons. The van der Waals surface area contributed by atoms with Crippen molar-refractivity contribution in [1.29, 1.82) is 0 Å². The van der Waals surface area contributed by atoms with Crippen LogP contribution in [0.2, 0.25) is 0 Å². The summed E-state index contributed by atoms with van der Waals surface area (Å²) in [6, 6.07) is 7.35. The van der Waals surface area contributed by atoms with Gasteiger partial charge in [0.1, 0.15) is 0 Å². The van der Waals surface area contributed by atoms with Crippen molar-refractivity contribution < 1.29 is 13.5 Å². The molecular weight excluding hydrogens is 278 g/mol. The Balaban J connectivity index is 1.86. The monoisotopic (exact) mass is 293 g/mol. The first kappa shape index (κ1) is 13.3. The maximum Gasteiger partial charge on any atom is 0.223 e. The first-order valence-corrected chi connectivity index (χ1v) is 8.21. The van der Waals surface area contributed by atoms with Crippen LogP contribution in [0.25, 0.3) is 11.4 Å². The van der Waals surface area contributed by atoms with E-state index in [0.717, 1.165) is 5.56 Å². The molecule has 0 spiro atoms. The molecule has 2 heterocycles. The number of aryl methyl sites for hydroxylation is 1. The van der Waals surface area contributed by atoms with E-state index >= 15 is 0 Å². The topological polar surface area (TPSA) is 77.6 Å². The van der Waals surface area contributed by atoms with E-state index in [-0.39, 0.29) is 0 Å². The van der Waals surface area contributed by atoms with Gasteiger partial charge in [0.05, 0.1) is 40.1 Å². The lowest BCUT2D eigenvalue weighted by atomic mass is 10.2. The number of rotatable bonds is 2. The molecule has 0 aliphatic carbocycles. The summed E-state index contributed by atoms with van der Waals surface area (Å²) in [5.41, 5.74) is 1.56. The fourth-order valence-electron chi connectivity index (χ4n) is 1.95. The Morgan fingerprint density at radius 1 is 1.20 bits per heavy atom. The molecule has 2 aromatic rings. The summed E-state index contributed by atoms with van der Waals surface area (Å²) in [4.78, 5) is 4.16. The van der Waals surface area contributed by atoms with Crippen molar-refractivity contribution in [2.45, 2.75) is 6.92 Å². The van der Waals surface area contributed by atoms with Crippen molar-refractivity contribution in [1.82, 2.24) is 10.1 Å². The molecule has 3 rings (SSSR count). The first-order valence-electron chi connectivity index (χ1n) is 6.36. The standard InChI is InChI=1S/C13H15N3O3S/c1-10-14-13(15-19-10)11-2-4-12(5-3-11)16-20(17)8-6-18-7-9-20/h2-5H,6-9H2,1H3. The SMILES string of the molecule is Cc1nc(-c2ccc(N=S3(=O)CCOCC3)cc2)no1. The second-order valence-electron chi connectivity index (χ2n) is 4.57. The fraction of sp³-hybridized carbons (Fsp3) is 0.385. The Morgan fingerprint density at radius 3 is 2.50 bits per heavy atom. The van der Waals surface area contributed by atoms with Gasteiger partial charge in [-0.05, 0) is 24.3 Å². The Morgan fingerprint density at radius 2 is 1.90 bits per heavy atom. The summed E-state index contributed by atoms with van der Waals surface area (Å²) in [6.45, 7) is 2.78. The molecule has 0 saturated carbocycles. The van der Waals surface area contributed by atoms with E-state index in [1.807, 2.05) is 24.3 Å². The van der Waals surface area contributed by atoms with Gasteiger partial charge in [-0.15, -0.1) is 0 Å². The summed E-state index contributed by atoms with van der Waals surface area (Å²) in [6.07, 6.45) is 0. The second kappa shape index (κ2) is 5.34. The van der Waals surface area contributed by atoms with Gasteiger partial charge >= 0.3 is 0 Å². The first-order chi connectivity index (χ1) is 9.65. The zero-order chi connectivity index (χ0) is 14.0. The van der Waals surface area contributed by atoms with Crippen molar-refractivity contribution in [3.05, 3.63) is 30.2 Å². The van der Waals surface area contributed by atoms with E-state index in [1.165, 1.54) is 0 Å². The Hall–Kier alpha value is -1.73. The van der Waals surface area contributed by atoms with Gasteiger partial charge in [0, 0.05) is 12.5 Å². The van der Waals surface area contributed by atoms with Crippen LogP contribution in [0.5, 0.6) is 0 Å². The van der Waals surface area contributed by atoms with Gasteiger partial charge in [-0.25, -0.2) is 4.21 Å². The van der Waals surface area contributed by atoms with Gasteiger partial charge in [0.25, 0.3) is 0 Å². The van der Waals surface area contributed by atoms with E-state index in [2.05, 4.69) is 14.5 Å². The summed E-state index contributed by atoms with van der Waals surface area (Å²) < 4.78 is 27.0. The van der Waals surface area contributed by atoms with Crippen LogP contribution in [0, 0.1) is 6.92 Å². The molecule has 0 radical (unpaired) electrons. The maximum atomic E-state index is 12.4. The third kappa shape index (κ3) is 2.88. The number of nitrogens with zero attached hydrogens (tertiary/aromatic N) is 3. The minimum Gasteiger partial charge on any atom is -0.379 e. The predicted molar refractivity (Wildman–Crippen MR) is 75.3 cm³/mol. The van der Waals surface area contributed by atoms with Crippen LogP contribution in [-0.2, 0) is 14.5 Å². The molecule has 0 bridgehead atoms. The molecule has 1 aromatic carbocycles. The molecule has 1 saturated heterocycles. The lowest BCUT2D eigenvalue weighted by Gasteiger charge is -2.15. The van der Waals surface area contributed by atoms with Gasteiger partial charge < -0.3 is 9.26 Å². The summed E-state index contributed by atoms with van der Waals surface area (Å²) >= 11 is 0. The Kier molecular flexibility index (Phi) is 3.54. The van der Waals surface area contributed by atoms with E-state index < -0.39 is 9.73 Å². The number of benzene rings is 1. The van der Waals surface area contributed by atoms with Crippen LogP contribution in [0.4, 0.5) is 5.69 Å². The minimum atomic E-state index is -2.17. The van der Waals surface area contributed by atoms with E-state index in [1.54, 1.807) is 6.92 Å². The van der Waals surface area contributed by atoms with Crippen LogP contribution in [0.1, 0.15) is 5.89 Å². The van der Waals surface area contributed by atoms with Crippen LogP contribution in [-0.4, -0.2) is 39.1 Å². The zero-order valence-electron chi connectivity index (χ0n) is 11.1. The smallest absolute Gasteiger partial charge is 0.223 e. The van der Waals surface area contributed by atoms with Crippen molar-refractivity contribution in [3.8, 4) is 11.4 Å². The minimum absolute atomic E-state index is 0.499. The molecule has 0 amide bonds. The fourth-order valence-corrected chi connectivity index (χ4v) is 3.60. The highest BCUT2D eigenvalue weighted by atomic mass is 32.2. The van der Waals surface area contributed by atoms with Crippen LogP contribution in [0.15, 0.2) is 33.2 Å². The third-order valence-electron chi connectivity index (χ3n) is 3.02. The molecule has 1 fully saturated rings. The third-order valence-corrected chi connectivity index (χ3v) is 5.17. The molecule has 0 N–H and O–H groups in total. The lowest BCUT2D eigenvalue weighted by molar-refractivity contribution is 0.158. The summed E-state index contributed by atoms with van der Waals surface area (Å²) in [5, 5.41) is 3.86. The summed E-state index contributed by atoms with van der Waals surface area (Å²) in [5.74, 6) is 2.07. The molecule has 0 unspecified atom stereocenters. The van der Waals surface area contributed by atoms with Gasteiger partial charge in [0.2, 0.25) is 11.7 Å². The highest BCUT2D eigenvalue weighted by molar-refractivity contribution is 7.93. The zero-order valence-corrected chi connectivity index (χ0v) is 11.9. The molecule has 20 heavy (non-hydrogen) atoms. The van der Waals surface area contributed by atoms with E-state index in [9.17, 15) is 4.21 Å². The van der Waals surface area contributed by atoms with Crippen LogP contribution < -0.4 is 0 Å². The highest BCUT2D eigenvalue weighted by Gasteiger charge is 2.15. The molecular formula is C13H15N3O3S. The molecule has 1 aliphatic rings. The van der Waals surface area contributed by atoms with Crippen LogP contribution >= 0.6 is 0 Å². The highest BCUT2D eigenvalue weighted by Crippen LogP contribution is 2.22. The number of hydrogen-bond donors (Lipinski definition) is 0. The van der Waals surface area contributed by atoms with Crippen molar-refractivity contribution in [3.63, 3.8) is 0 Å². The van der Waals surface area contributed by atoms with Gasteiger partial charge in [-0.3, -0.25) is 0 Å². The van der Waals surface area contributed by atoms with Gasteiger partial charge in [0.15, 0.2) is 0 Å². The van der Waals surface area contributed by atoms with E-state index in [0.29, 0.717) is 42.1 Å². The molecule has 7 heteroatoms.